The van der Waals surface area contributed by atoms with Gasteiger partial charge in [-0.15, -0.1) is 0 Å². The third kappa shape index (κ3) is 3.07. The van der Waals surface area contributed by atoms with Gasteiger partial charge in [-0.05, 0) is 31.0 Å². The molecule has 92 valence electrons. The first-order valence-electron chi connectivity index (χ1n) is 5.46. The average molecular weight is 365 g/mol. The molecule has 1 saturated heterocycles. The lowest BCUT2D eigenvalue weighted by Crippen LogP contribution is -2.40. The van der Waals surface area contributed by atoms with Crippen LogP contribution >= 0.6 is 31.9 Å². The van der Waals surface area contributed by atoms with E-state index in [4.69, 9.17) is 0 Å². The Hall–Kier alpha value is -0.420. The number of likely N-dealkylation sites (tertiary alicyclic amines) is 1. The molecule has 2 nitrogen and oxygen atoms in total. The Bertz CT molecular complexity index is 439. The Morgan fingerprint density at radius 3 is 2.88 bits per heavy atom. The molecule has 0 N–H and O–H groups in total. The summed E-state index contributed by atoms with van der Waals surface area (Å²) in [5, 5.41) is 0. The largest absolute Gasteiger partial charge is 0.337 e. The third-order valence-corrected chi connectivity index (χ3v) is 4.05. The normalized spacial score (nSPS) is 20.4. The highest BCUT2D eigenvalue weighted by Crippen LogP contribution is 2.21. The summed E-state index contributed by atoms with van der Waals surface area (Å²) in [6.45, 7) is 1.35. The molecule has 5 heteroatoms. The molecule has 1 aromatic carbocycles. The zero-order valence-corrected chi connectivity index (χ0v) is 12.3. The third-order valence-electron chi connectivity index (χ3n) is 2.81. The number of hydrogen-bond acceptors (Lipinski definition) is 1. The van der Waals surface area contributed by atoms with Crippen molar-refractivity contribution in [2.24, 2.45) is 0 Å². The van der Waals surface area contributed by atoms with Crippen molar-refractivity contribution in [1.29, 1.82) is 0 Å². The zero-order valence-electron chi connectivity index (χ0n) is 9.13. The summed E-state index contributed by atoms with van der Waals surface area (Å²) in [7, 11) is 0. The first kappa shape index (κ1) is 13.0. The van der Waals surface area contributed by atoms with Gasteiger partial charge >= 0.3 is 0 Å². The number of hydrogen-bond donors (Lipinski definition) is 0. The van der Waals surface area contributed by atoms with Gasteiger partial charge in [-0.3, -0.25) is 4.79 Å². The number of alkyl halides is 1. The zero-order chi connectivity index (χ0) is 12.4. The number of benzene rings is 1. The van der Waals surface area contributed by atoms with Gasteiger partial charge in [0.25, 0.3) is 5.91 Å². The van der Waals surface area contributed by atoms with Gasteiger partial charge < -0.3 is 4.90 Å². The van der Waals surface area contributed by atoms with Crippen LogP contribution in [0.2, 0.25) is 0 Å². The van der Waals surface area contributed by atoms with Crippen molar-refractivity contribution in [3.8, 4) is 0 Å². The Morgan fingerprint density at radius 2 is 2.24 bits per heavy atom. The maximum atomic E-state index is 13.7. The van der Waals surface area contributed by atoms with Crippen LogP contribution in [0.5, 0.6) is 0 Å². The summed E-state index contributed by atoms with van der Waals surface area (Å²) in [6, 6.07) is 4.54. The van der Waals surface area contributed by atoms with Crippen molar-refractivity contribution in [2.75, 3.05) is 13.1 Å². The molecule has 1 aliphatic rings. The second-order valence-electron chi connectivity index (χ2n) is 4.11. The van der Waals surface area contributed by atoms with E-state index >= 15 is 0 Å². The van der Waals surface area contributed by atoms with Gasteiger partial charge in [0, 0.05) is 22.4 Å². The molecule has 1 aromatic rings. The minimum absolute atomic E-state index is 0.148. The van der Waals surface area contributed by atoms with Crippen LogP contribution in [0.1, 0.15) is 23.2 Å². The van der Waals surface area contributed by atoms with E-state index in [1.54, 1.807) is 11.0 Å². The van der Waals surface area contributed by atoms with Gasteiger partial charge in [-0.2, -0.15) is 0 Å². The quantitative estimate of drug-likeness (QED) is 0.697. The molecule has 0 radical (unpaired) electrons. The van der Waals surface area contributed by atoms with Crippen molar-refractivity contribution < 1.29 is 9.18 Å². The molecule has 1 unspecified atom stereocenters. The summed E-state index contributed by atoms with van der Waals surface area (Å²) in [6.07, 6.45) is 2.02. The van der Waals surface area contributed by atoms with Crippen LogP contribution < -0.4 is 0 Å². The molecule has 17 heavy (non-hydrogen) atoms. The summed E-state index contributed by atoms with van der Waals surface area (Å²) >= 11 is 6.68. The highest BCUT2D eigenvalue weighted by molar-refractivity contribution is 9.10. The number of carbonyl (C=O) groups excluding carboxylic acids is 1. The molecule has 0 spiro atoms. The second-order valence-corrected chi connectivity index (χ2v) is 6.33. The van der Waals surface area contributed by atoms with Gasteiger partial charge in [0.15, 0.2) is 0 Å². The predicted molar refractivity (Wildman–Crippen MR) is 72.0 cm³/mol. The fraction of sp³-hybridized carbons (Fsp3) is 0.417. The summed E-state index contributed by atoms with van der Waals surface area (Å²) in [5.74, 6) is -0.694. The highest BCUT2D eigenvalue weighted by Gasteiger charge is 2.24. The van der Waals surface area contributed by atoms with Crippen LogP contribution in [-0.4, -0.2) is 28.7 Å². The fourth-order valence-electron chi connectivity index (χ4n) is 1.94. The van der Waals surface area contributed by atoms with Crippen LogP contribution in [0, 0.1) is 5.82 Å². The first-order valence-corrected chi connectivity index (χ1v) is 7.17. The van der Waals surface area contributed by atoms with E-state index in [1.807, 2.05) is 0 Å². The number of amides is 1. The minimum Gasteiger partial charge on any atom is -0.337 e. The molecular formula is C12H12Br2FNO. The van der Waals surface area contributed by atoms with E-state index in [2.05, 4.69) is 31.9 Å². The maximum absolute atomic E-state index is 13.7. The topological polar surface area (TPSA) is 20.3 Å². The molecule has 2 rings (SSSR count). The van der Waals surface area contributed by atoms with Crippen LogP contribution in [0.3, 0.4) is 0 Å². The van der Waals surface area contributed by atoms with Crippen LogP contribution in [-0.2, 0) is 0 Å². The van der Waals surface area contributed by atoms with E-state index in [-0.39, 0.29) is 11.5 Å². The van der Waals surface area contributed by atoms with E-state index < -0.39 is 5.82 Å². The molecule has 1 heterocycles. The molecule has 1 aliphatic heterocycles. The standard InChI is InChI=1S/C12H12Br2FNO/c13-8-3-4-10(11(15)6-8)12(17)16-5-1-2-9(14)7-16/h3-4,6,9H,1-2,5,7H2. The number of piperidine rings is 1. The van der Waals surface area contributed by atoms with E-state index in [1.165, 1.54) is 12.1 Å². The Labute approximate surface area is 116 Å². The monoisotopic (exact) mass is 363 g/mol. The molecule has 0 aliphatic carbocycles. The van der Waals surface area contributed by atoms with Crippen molar-refractivity contribution in [3.05, 3.63) is 34.1 Å². The molecule has 1 atom stereocenters. The van der Waals surface area contributed by atoms with Gasteiger partial charge in [-0.1, -0.05) is 31.9 Å². The number of rotatable bonds is 1. The molecule has 1 fully saturated rings. The maximum Gasteiger partial charge on any atom is 0.256 e. The van der Waals surface area contributed by atoms with Crippen LogP contribution in [0.4, 0.5) is 4.39 Å². The summed E-state index contributed by atoms with van der Waals surface area (Å²) in [5.41, 5.74) is 0.148. The fourth-order valence-corrected chi connectivity index (χ4v) is 2.95. The summed E-state index contributed by atoms with van der Waals surface area (Å²) < 4.78 is 14.3. The van der Waals surface area contributed by atoms with Crippen molar-refractivity contribution in [2.45, 2.75) is 17.7 Å². The van der Waals surface area contributed by atoms with E-state index in [0.717, 1.165) is 12.8 Å². The first-order chi connectivity index (χ1) is 8.08. The lowest BCUT2D eigenvalue weighted by Gasteiger charge is -2.30. The molecule has 1 amide bonds. The van der Waals surface area contributed by atoms with Gasteiger partial charge in [-0.25, -0.2) is 4.39 Å². The predicted octanol–water partition coefficient (Wildman–Crippen LogP) is 3.59. The number of nitrogens with zero attached hydrogens (tertiary/aromatic N) is 1. The molecule has 0 saturated carbocycles. The Kier molecular flexibility index (Phi) is 4.20. The number of halogens is 3. The number of carbonyl (C=O) groups is 1. The molecular weight excluding hydrogens is 353 g/mol. The molecule has 0 aromatic heterocycles. The lowest BCUT2D eigenvalue weighted by molar-refractivity contribution is 0.0725. The Balaban J connectivity index is 2.18. The summed E-state index contributed by atoms with van der Waals surface area (Å²) in [4.78, 5) is 14.1. The van der Waals surface area contributed by atoms with Crippen molar-refractivity contribution >= 4 is 37.8 Å². The van der Waals surface area contributed by atoms with Crippen LogP contribution in [0.25, 0.3) is 0 Å². The minimum atomic E-state index is -0.471. The van der Waals surface area contributed by atoms with Crippen LogP contribution in [0.15, 0.2) is 22.7 Å². The van der Waals surface area contributed by atoms with Gasteiger partial charge in [0.1, 0.15) is 5.82 Å². The van der Waals surface area contributed by atoms with Gasteiger partial charge in [0.2, 0.25) is 0 Å². The van der Waals surface area contributed by atoms with Gasteiger partial charge in [0.05, 0.1) is 5.56 Å². The highest BCUT2D eigenvalue weighted by atomic mass is 79.9. The van der Waals surface area contributed by atoms with E-state index in [0.29, 0.717) is 22.4 Å². The van der Waals surface area contributed by atoms with Crippen molar-refractivity contribution in [1.82, 2.24) is 4.90 Å². The average Bonchev–Trinajstić information content (AvgIpc) is 2.28. The SMILES string of the molecule is O=C(c1ccc(Br)cc1F)N1CCCC(Br)C1. The molecule has 0 bridgehead atoms. The smallest absolute Gasteiger partial charge is 0.256 e. The van der Waals surface area contributed by atoms with Crippen molar-refractivity contribution in [3.63, 3.8) is 0 Å². The lowest BCUT2D eigenvalue weighted by atomic mass is 10.1. The second kappa shape index (κ2) is 5.48. The van der Waals surface area contributed by atoms with E-state index in [9.17, 15) is 9.18 Å². The Morgan fingerprint density at radius 1 is 1.47 bits per heavy atom.